The van der Waals surface area contributed by atoms with Gasteiger partial charge >= 0.3 is 0 Å². The number of hydrogen-bond donors (Lipinski definition) is 2. The second kappa shape index (κ2) is 9.04. The van der Waals surface area contributed by atoms with Crippen LogP contribution >= 0.6 is 0 Å². The lowest BCUT2D eigenvalue weighted by atomic mass is 9.99. The molecule has 2 aliphatic heterocycles. The van der Waals surface area contributed by atoms with Gasteiger partial charge < -0.3 is 20.4 Å². The second-order valence-corrected chi connectivity index (χ2v) is 8.26. The van der Waals surface area contributed by atoms with Crippen LogP contribution in [0.25, 0.3) is 0 Å². The molecule has 2 heterocycles. The molecule has 138 valence electrons. The van der Waals surface area contributed by atoms with Crippen molar-refractivity contribution in [3.8, 4) is 0 Å². The van der Waals surface area contributed by atoms with E-state index in [9.17, 15) is 0 Å². The summed E-state index contributed by atoms with van der Waals surface area (Å²) in [6.45, 7) is 7.26. The van der Waals surface area contributed by atoms with Gasteiger partial charge in [0.1, 0.15) is 0 Å². The molecule has 1 aliphatic carbocycles. The van der Waals surface area contributed by atoms with E-state index in [-0.39, 0.29) is 0 Å². The molecule has 2 unspecified atom stereocenters. The maximum atomic E-state index is 4.45. The van der Waals surface area contributed by atoms with Crippen LogP contribution in [0, 0.1) is 11.8 Å². The molecule has 1 saturated carbocycles. The Kier molecular flexibility index (Phi) is 6.78. The van der Waals surface area contributed by atoms with Crippen LogP contribution < -0.4 is 10.6 Å². The summed E-state index contributed by atoms with van der Waals surface area (Å²) in [5, 5.41) is 7.22. The van der Waals surface area contributed by atoms with Crippen LogP contribution in [0.3, 0.4) is 0 Å². The number of guanidine groups is 1. The van der Waals surface area contributed by atoms with Crippen LogP contribution in [-0.4, -0.2) is 75.2 Å². The highest BCUT2D eigenvalue weighted by molar-refractivity contribution is 5.80. The van der Waals surface area contributed by atoms with Gasteiger partial charge in [-0.25, -0.2) is 0 Å². The van der Waals surface area contributed by atoms with Crippen molar-refractivity contribution in [2.45, 2.75) is 51.0 Å². The van der Waals surface area contributed by atoms with Gasteiger partial charge in [0.05, 0.1) is 0 Å². The number of nitrogens with one attached hydrogen (secondary N) is 2. The van der Waals surface area contributed by atoms with Crippen molar-refractivity contribution in [1.82, 2.24) is 20.4 Å². The normalized spacial score (nSPS) is 30.8. The van der Waals surface area contributed by atoms with Gasteiger partial charge in [-0.2, -0.15) is 0 Å². The maximum absolute atomic E-state index is 4.45. The lowest BCUT2D eigenvalue weighted by Gasteiger charge is -2.30. The Morgan fingerprint density at radius 1 is 1.00 bits per heavy atom. The Morgan fingerprint density at radius 3 is 2.54 bits per heavy atom. The topological polar surface area (TPSA) is 42.9 Å². The monoisotopic (exact) mass is 335 g/mol. The zero-order valence-electron chi connectivity index (χ0n) is 15.8. The van der Waals surface area contributed by atoms with Crippen LogP contribution in [0.2, 0.25) is 0 Å². The van der Waals surface area contributed by atoms with E-state index in [1.807, 2.05) is 7.05 Å². The number of likely N-dealkylation sites (tertiary alicyclic amines) is 2. The molecule has 2 N–H and O–H groups in total. The Labute approximate surface area is 148 Å². The van der Waals surface area contributed by atoms with E-state index < -0.39 is 0 Å². The highest BCUT2D eigenvalue weighted by atomic mass is 15.2. The summed E-state index contributed by atoms with van der Waals surface area (Å²) in [6.07, 6.45) is 9.72. The average molecular weight is 336 g/mol. The Bertz CT molecular complexity index is 405. The third kappa shape index (κ3) is 5.35. The molecule has 2 saturated heterocycles. The average Bonchev–Trinajstić information content (AvgIpc) is 3.24. The van der Waals surface area contributed by atoms with Gasteiger partial charge in [-0.05, 0) is 57.5 Å². The second-order valence-electron chi connectivity index (χ2n) is 8.26. The van der Waals surface area contributed by atoms with Gasteiger partial charge in [-0.15, -0.1) is 0 Å². The van der Waals surface area contributed by atoms with Gasteiger partial charge in [0, 0.05) is 45.8 Å². The predicted molar refractivity (Wildman–Crippen MR) is 102 cm³/mol. The van der Waals surface area contributed by atoms with Crippen LogP contribution in [-0.2, 0) is 0 Å². The highest BCUT2D eigenvalue weighted by Gasteiger charge is 2.26. The SMILES string of the molecule is CN=C(NCC1CCCN(C)C1)NC1CCN(CC2CCCC2)C1. The van der Waals surface area contributed by atoms with E-state index in [0.717, 1.165) is 24.3 Å². The predicted octanol–water partition coefficient (Wildman–Crippen LogP) is 1.76. The molecule has 0 aromatic heterocycles. The number of piperidine rings is 1. The van der Waals surface area contributed by atoms with E-state index >= 15 is 0 Å². The lowest BCUT2D eigenvalue weighted by Crippen LogP contribution is -2.47. The molecule has 3 rings (SSSR count). The zero-order chi connectivity index (χ0) is 16.8. The summed E-state index contributed by atoms with van der Waals surface area (Å²) in [4.78, 5) is 9.56. The van der Waals surface area contributed by atoms with Crippen LogP contribution in [0.15, 0.2) is 4.99 Å². The summed E-state index contributed by atoms with van der Waals surface area (Å²) >= 11 is 0. The summed E-state index contributed by atoms with van der Waals surface area (Å²) in [5.74, 6) is 2.71. The summed E-state index contributed by atoms with van der Waals surface area (Å²) in [5.41, 5.74) is 0. The molecule has 5 nitrogen and oxygen atoms in total. The minimum absolute atomic E-state index is 0.562. The molecule has 2 atom stereocenters. The summed E-state index contributed by atoms with van der Waals surface area (Å²) < 4.78 is 0. The number of aliphatic imine (C=N–C) groups is 1. The van der Waals surface area contributed by atoms with Crippen molar-refractivity contribution in [3.05, 3.63) is 0 Å². The van der Waals surface area contributed by atoms with Gasteiger partial charge in [0.25, 0.3) is 0 Å². The third-order valence-electron chi connectivity index (χ3n) is 6.11. The summed E-state index contributed by atoms with van der Waals surface area (Å²) in [7, 11) is 4.13. The largest absolute Gasteiger partial charge is 0.356 e. The first-order chi connectivity index (χ1) is 11.7. The van der Waals surface area contributed by atoms with Gasteiger partial charge in [0.15, 0.2) is 5.96 Å². The maximum Gasteiger partial charge on any atom is 0.191 e. The lowest BCUT2D eigenvalue weighted by molar-refractivity contribution is 0.210. The molecular formula is C19H37N5. The molecule has 24 heavy (non-hydrogen) atoms. The van der Waals surface area contributed by atoms with Crippen molar-refractivity contribution >= 4 is 5.96 Å². The van der Waals surface area contributed by atoms with E-state index in [0.29, 0.717) is 6.04 Å². The first-order valence-corrected chi connectivity index (χ1v) is 10.1. The minimum atomic E-state index is 0.562. The molecule has 5 heteroatoms. The van der Waals surface area contributed by atoms with Crippen molar-refractivity contribution < 1.29 is 0 Å². The molecular weight excluding hydrogens is 298 g/mol. The van der Waals surface area contributed by atoms with Crippen molar-refractivity contribution in [3.63, 3.8) is 0 Å². The Balaban J connectivity index is 1.36. The van der Waals surface area contributed by atoms with E-state index in [1.54, 1.807) is 0 Å². The molecule has 0 spiro atoms. The molecule has 0 aromatic carbocycles. The third-order valence-corrected chi connectivity index (χ3v) is 6.11. The van der Waals surface area contributed by atoms with Crippen LogP contribution in [0.4, 0.5) is 0 Å². The first kappa shape index (κ1) is 18.0. The minimum Gasteiger partial charge on any atom is -0.356 e. The fraction of sp³-hybridized carbons (Fsp3) is 0.947. The van der Waals surface area contributed by atoms with E-state index in [2.05, 4.69) is 32.5 Å². The molecule has 0 radical (unpaired) electrons. The van der Waals surface area contributed by atoms with E-state index in [1.165, 1.54) is 77.7 Å². The van der Waals surface area contributed by atoms with Crippen molar-refractivity contribution in [2.75, 3.05) is 53.4 Å². The van der Waals surface area contributed by atoms with Crippen molar-refractivity contribution in [2.24, 2.45) is 16.8 Å². The number of nitrogens with zero attached hydrogens (tertiary/aromatic N) is 3. The molecule has 0 aromatic rings. The van der Waals surface area contributed by atoms with Crippen LogP contribution in [0.5, 0.6) is 0 Å². The standard InChI is InChI=1S/C19H37N5/c1-20-19(21-12-17-8-5-10-23(2)13-17)22-18-9-11-24(15-18)14-16-6-3-4-7-16/h16-18H,3-15H2,1-2H3,(H2,20,21,22). The van der Waals surface area contributed by atoms with Gasteiger partial charge in [0.2, 0.25) is 0 Å². The highest BCUT2D eigenvalue weighted by Crippen LogP contribution is 2.26. The van der Waals surface area contributed by atoms with E-state index in [4.69, 9.17) is 0 Å². The fourth-order valence-corrected chi connectivity index (χ4v) is 4.74. The Morgan fingerprint density at radius 2 is 1.79 bits per heavy atom. The number of rotatable bonds is 5. The molecule has 3 fully saturated rings. The van der Waals surface area contributed by atoms with Crippen molar-refractivity contribution in [1.29, 1.82) is 0 Å². The Hall–Kier alpha value is -0.810. The van der Waals surface area contributed by atoms with Gasteiger partial charge in [-0.3, -0.25) is 4.99 Å². The molecule has 3 aliphatic rings. The zero-order valence-corrected chi connectivity index (χ0v) is 15.8. The molecule has 0 bridgehead atoms. The fourth-order valence-electron chi connectivity index (χ4n) is 4.74. The first-order valence-electron chi connectivity index (χ1n) is 10.1. The van der Waals surface area contributed by atoms with Crippen LogP contribution in [0.1, 0.15) is 44.9 Å². The summed E-state index contributed by atoms with van der Waals surface area (Å²) in [6, 6.07) is 0.562. The van der Waals surface area contributed by atoms with Gasteiger partial charge in [-0.1, -0.05) is 12.8 Å². The smallest absolute Gasteiger partial charge is 0.191 e. The molecule has 0 amide bonds. The number of hydrogen-bond acceptors (Lipinski definition) is 3. The quantitative estimate of drug-likeness (QED) is 0.593.